The first-order valence-electron chi connectivity index (χ1n) is 5.53. The van der Waals surface area contributed by atoms with Gasteiger partial charge in [0.15, 0.2) is 11.6 Å². The van der Waals surface area contributed by atoms with E-state index in [2.05, 4.69) is 5.16 Å². The average molecular weight is 263 g/mol. The summed E-state index contributed by atoms with van der Waals surface area (Å²) in [7, 11) is 0. The third-order valence-corrected chi connectivity index (χ3v) is 2.70. The van der Waals surface area contributed by atoms with Crippen molar-refractivity contribution in [3.8, 4) is 0 Å². The van der Waals surface area contributed by atoms with Crippen LogP contribution in [0.4, 0.5) is 8.78 Å². The van der Waals surface area contributed by atoms with Gasteiger partial charge in [0.05, 0.1) is 6.61 Å². The molecule has 0 heterocycles. The van der Waals surface area contributed by atoms with Crippen LogP contribution in [0.3, 0.4) is 0 Å². The van der Waals surface area contributed by atoms with E-state index in [1.807, 2.05) is 0 Å². The Balaban J connectivity index is 2.41. The molecule has 0 aliphatic heterocycles. The molecule has 0 amide bonds. The Labute approximate surface area is 108 Å². The summed E-state index contributed by atoms with van der Waals surface area (Å²) in [6, 6.07) is 9.82. The van der Waals surface area contributed by atoms with Gasteiger partial charge in [0.2, 0.25) is 0 Å². The average Bonchev–Trinajstić information content (AvgIpc) is 2.44. The molecule has 0 saturated carbocycles. The summed E-state index contributed by atoms with van der Waals surface area (Å²) in [5, 5.41) is 21.1. The lowest BCUT2D eigenvalue weighted by Gasteiger charge is -2.06. The molecule has 2 N–H and O–H groups in total. The summed E-state index contributed by atoms with van der Waals surface area (Å²) in [6.07, 6.45) is 0. The normalized spacial score (nSPS) is 11.6. The summed E-state index contributed by atoms with van der Waals surface area (Å²) in [5.74, 6) is -1.97. The van der Waals surface area contributed by atoms with Crippen molar-refractivity contribution in [3.05, 3.63) is 70.8 Å². The minimum absolute atomic E-state index is 0.100. The Kier molecular flexibility index (Phi) is 3.87. The van der Waals surface area contributed by atoms with Gasteiger partial charge in [0.25, 0.3) is 0 Å². The fraction of sp³-hybridized carbons (Fsp3) is 0.0714. The second-order valence-corrected chi connectivity index (χ2v) is 3.93. The molecule has 0 bridgehead atoms. The molecule has 0 aromatic heterocycles. The molecular formula is C14H11F2NO2. The first-order chi connectivity index (χ1) is 9.15. The molecule has 19 heavy (non-hydrogen) atoms. The third-order valence-electron chi connectivity index (χ3n) is 2.70. The Hall–Kier alpha value is -2.27. The van der Waals surface area contributed by atoms with Crippen LogP contribution in [-0.4, -0.2) is 16.0 Å². The summed E-state index contributed by atoms with van der Waals surface area (Å²) in [6.45, 7) is -0.100. The predicted octanol–water partition coefficient (Wildman–Crippen LogP) is 2.68. The second-order valence-electron chi connectivity index (χ2n) is 3.93. The van der Waals surface area contributed by atoms with E-state index in [1.165, 1.54) is 6.07 Å². The van der Waals surface area contributed by atoms with Gasteiger partial charge in [0.1, 0.15) is 5.71 Å². The van der Waals surface area contributed by atoms with Crippen LogP contribution in [0.15, 0.2) is 47.6 Å². The van der Waals surface area contributed by atoms with Crippen molar-refractivity contribution in [3.63, 3.8) is 0 Å². The zero-order chi connectivity index (χ0) is 13.8. The molecular weight excluding hydrogens is 252 g/mol. The summed E-state index contributed by atoms with van der Waals surface area (Å²) >= 11 is 0. The van der Waals surface area contributed by atoms with E-state index in [0.29, 0.717) is 11.1 Å². The van der Waals surface area contributed by atoms with Gasteiger partial charge < -0.3 is 10.3 Å². The maximum absolute atomic E-state index is 13.2. The molecule has 0 spiro atoms. The molecule has 0 aliphatic carbocycles. The van der Waals surface area contributed by atoms with Crippen molar-refractivity contribution in [2.75, 3.05) is 0 Å². The molecule has 0 radical (unpaired) electrons. The Morgan fingerprint density at radius 2 is 1.58 bits per heavy atom. The maximum Gasteiger partial charge on any atom is 0.159 e. The van der Waals surface area contributed by atoms with Crippen molar-refractivity contribution in [2.45, 2.75) is 6.61 Å². The number of aliphatic hydroxyl groups is 1. The molecule has 2 aromatic carbocycles. The Morgan fingerprint density at radius 3 is 2.11 bits per heavy atom. The van der Waals surface area contributed by atoms with Crippen LogP contribution < -0.4 is 0 Å². The van der Waals surface area contributed by atoms with E-state index in [4.69, 9.17) is 10.3 Å². The topological polar surface area (TPSA) is 52.8 Å². The third kappa shape index (κ3) is 2.77. The van der Waals surface area contributed by atoms with E-state index in [1.54, 1.807) is 24.3 Å². The highest BCUT2D eigenvalue weighted by Gasteiger charge is 2.11. The van der Waals surface area contributed by atoms with Crippen molar-refractivity contribution in [2.24, 2.45) is 5.16 Å². The first kappa shape index (κ1) is 13.2. The van der Waals surface area contributed by atoms with Crippen molar-refractivity contribution >= 4 is 5.71 Å². The first-order valence-corrected chi connectivity index (χ1v) is 5.53. The molecule has 3 nitrogen and oxygen atoms in total. The molecule has 0 atom stereocenters. The summed E-state index contributed by atoms with van der Waals surface area (Å²) in [5.41, 5.74) is 1.62. The summed E-state index contributed by atoms with van der Waals surface area (Å²) in [4.78, 5) is 0. The number of hydrogen-bond donors (Lipinski definition) is 2. The highest BCUT2D eigenvalue weighted by molar-refractivity contribution is 6.12. The number of hydrogen-bond acceptors (Lipinski definition) is 3. The molecule has 0 fully saturated rings. The van der Waals surface area contributed by atoms with Gasteiger partial charge in [-0.3, -0.25) is 0 Å². The minimum Gasteiger partial charge on any atom is -0.410 e. The maximum atomic E-state index is 13.2. The SMILES string of the molecule is OCc1ccc(C(=NO)c2ccc(F)c(F)c2)cc1. The van der Waals surface area contributed by atoms with Crippen molar-refractivity contribution < 1.29 is 19.1 Å². The summed E-state index contributed by atoms with van der Waals surface area (Å²) < 4.78 is 26.0. The number of benzene rings is 2. The Bertz CT molecular complexity index is 609. The molecule has 0 aliphatic rings. The van der Waals surface area contributed by atoms with E-state index in [9.17, 15) is 8.78 Å². The Morgan fingerprint density at radius 1 is 0.947 bits per heavy atom. The molecule has 0 saturated heterocycles. The number of nitrogens with zero attached hydrogens (tertiary/aromatic N) is 1. The van der Waals surface area contributed by atoms with Gasteiger partial charge in [-0.1, -0.05) is 29.4 Å². The standard InChI is InChI=1S/C14H11F2NO2/c15-12-6-5-11(7-13(12)16)14(17-19)10-3-1-9(8-18)2-4-10/h1-7,18-19H,8H2. The van der Waals surface area contributed by atoms with E-state index < -0.39 is 11.6 Å². The lowest BCUT2D eigenvalue weighted by molar-refractivity contribution is 0.282. The van der Waals surface area contributed by atoms with Crippen molar-refractivity contribution in [1.82, 2.24) is 0 Å². The van der Waals surface area contributed by atoms with Crippen LogP contribution in [0.1, 0.15) is 16.7 Å². The zero-order valence-electron chi connectivity index (χ0n) is 9.85. The largest absolute Gasteiger partial charge is 0.410 e. The van der Waals surface area contributed by atoms with E-state index in [-0.39, 0.29) is 17.9 Å². The fourth-order valence-electron chi connectivity index (χ4n) is 1.69. The molecule has 5 heteroatoms. The fourth-order valence-corrected chi connectivity index (χ4v) is 1.69. The lowest BCUT2D eigenvalue weighted by atomic mass is 10.0. The predicted molar refractivity (Wildman–Crippen MR) is 66.1 cm³/mol. The minimum atomic E-state index is -1.01. The van der Waals surface area contributed by atoms with Crippen molar-refractivity contribution in [1.29, 1.82) is 0 Å². The van der Waals surface area contributed by atoms with Gasteiger partial charge in [0, 0.05) is 11.1 Å². The highest BCUT2D eigenvalue weighted by atomic mass is 19.2. The number of oxime groups is 1. The molecule has 2 rings (SSSR count). The van der Waals surface area contributed by atoms with Crippen LogP contribution in [-0.2, 0) is 6.61 Å². The van der Waals surface area contributed by atoms with Crippen LogP contribution in [0.25, 0.3) is 0 Å². The van der Waals surface area contributed by atoms with Gasteiger partial charge in [-0.05, 0) is 23.8 Å². The van der Waals surface area contributed by atoms with E-state index >= 15 is 0 Å². The van der Waals surface area contributed by atoms with Crippen LogP contribution in [0.2, 0.25) is 0 Å². The van der Waals surface area contributed by atoms with Gasteiger partial charge in [-0.15, -0.1) is 0 Å². The van der Waals surface area contributed by atoms with Gasteiger partial charge >= 0.3 is 0 Å². The second kappa shape index (κ2) is 5.58. The monoisotopic (exact) mass is 263 g/mol. The molecule has 0 unspecified atom stereocenters. The van der Waals surface area contributed by atoms with Gasteiger partial charge in [-0.2, -0.15) is 0 Å². The van der Waals surface area contributed by atoms with Crippen LogP contribution in [0.5, 0.6) is 0 Å². The molecule has 2 aromatic rings. The van der Waals surface area contributed by atoms with Crippen LogP contribution in [0, 0.1) is 11.6 Å². The van der Waals surface area contributed by atoms with E-state index in [0.717, 1.165) is 12.1 Å². The quantitative estimate of drug-likeness (QED) is 0.508. The van der Waals surface area contributed by atoms with Crippen LogP contribution >= 0.6 is 0 Å². The highest BCUT2D eigenvalue weighted by Crippen LogP contribution is 2.15. The number of rotatable bonds is 3. The lowest BCUT2D eigenvalue weighted by Crippen LogP contribution is -2.04. The number of halogens is 2. The smallest absolute Gasteiger partial charge is 0.159 e. The number of aliphatic hydroxyl groups excluding tert-OH is 1. The molecule has 98 valence electrons. The van der Waals surface area contributed by atoms with Gasteiger partial charge in [-0.25, -0.2) is 8.78 Å². The zero-order valence-corrected chi connectivity index (χ0v) is 9.85.